The highest BCUT2D eigenvalue weighted by atomic mass is 16.6. The van der Waals surface area contributed by atoms with Crippen LogP contribution in [0.15, 0.2) is 0 Å². The molecule has 66 valence electrons. The predicted molar refractivity (Wildman–Crippen MR) is 38.8 cm³/mol. The summed E-state index contributed by atoms with van der Waals surface area (Å²) in [5.41, 5.74) is 0. The van der Waals surface area contributed by atoms with Crippen molar-refractivity contribution in [2.45, 2.75) is 12.8 Å². The Morgan fingerprint density at radius 1 is 1.36 bits per heavy atom. The van der Waals surface area contributed by atoms with Gasteiger partial charge in [-0.1, -0.05) is 0 Å². The average molecular weight is 163 g/mol. The second-order valence-electron chi connectivity index (χ2n) is 2.43. The van der Waals surface area contributed by atoms with Crippen LogP contribution in [-0.2, 0) is 0 Å². The molecule has 0 bridgehead atoms. The van der Waals surface area contributed by atoms with Gasteiger partial charge in [0.1, 0.15) is 0 Å². The van der Waals surface area contributed by atoms with Crippen molar-refractivity contribution in [1.82, 2.24) is 0 Å². The molecule has 0 aromatic carbocycles. The normalized spacial score (nSPS) is 10.5. The zero-order valence-electron chi connectivity index (χ0n) is 6.27. The SMILES string of the molecule is O=[N+]([O-])CCCC(CO)CO. The van der Waals surface area contributed by atoms with E-state index in [1.54, 1.807) is 0 Å². The van der Waals surface area contributed by atoms with E-state index in [1.807, 2.05) is 0 Å². The van der Waals surface area contributed by atoms with Gasteiger partial charge in [0, 0.05) is 30.5 Å². The Kier molecular flexibility index (Phi) is 5.68. The number of hydrogen-bond donors (Lipinski definition) is 2. The van der Waals surface area contributed by atoms with Crippen LogP contribution < -0.4 is 0 Å². The maximum absolute atomic E-state index is 9.84. The first kappa shape index (κ1) is 10.3. The zero-order chi connectivity index (χ0) is 8.69. The van der Waals surface area contributed by atoms with Gasteiger partial charge in [0.15, 0.2) is 0 Å². The van der Waals surface area contributed by atoms with Crippen molar-refractivity contribution in [3.8, 4) is 0 Å². The van der Waals surface area contributed by atoms with E-state index in [0.717, 1.165) is 0 Å². The maximum atomic E-state index is 9.84. The lowest BCUT2D eigenvalue weighted by molar-refractivity contribution is -0.480. The smallest absolute Gasteiger partial charge is 0.203 e. The molecule has 0 amide bonds. The number of nitro groups is 1. The predicted octanol–water partition coefficient (Wildman–Crippen LogP) is -0.356. The fraction of sp³-hybridized carbons (Fsp3) is 1.00. The van der Waals surface area contributed by atoms with Gasteiger partial charge in [0.2, 0.25) is 6.54 Å². The van der Waals surface area contributed by atoms with E-state index in [0.29, 0.717) is 12.8 Å². The number of nitrogens with zero attached hydrogens (tertiary/aromatic N) is 1. The van der Waals surface area contributed by atoms with Crippen molar-refractivity contribution in [2.75, 3.05) is 19.8 Å². The molecule has 0 heterocycles. The Morgan fingerprint density at radius 3 is 2.27 bits per heavy atom. The summed E-state index contributed by atoms with van der Waals surface area (Å²) in [5.74, 6) is -0.199. The fourth-order valence-electron chi connectivity index (χ4n) is 0.749. The molecule has 0 unspecified atom stereocenters. The molecule has 5 heteroatoms. The van der Waals surface area contributed by atoms with Gasteiger partial charge in [0.25, 0.3) is 0 Å². The van der Waals surface area contributed by atoms with Crippen LogP contribution in [-0.4, -0.2) is 34.9 Å². The van der Waals surface area contributed by atoms with Crippen LogP contribution >= 0.6 is 0 Å². The summed E-state index contributed by atoms with van der Waals surface area (Å²) in [6.45, 7) is -0.293. The summed E-state index contributed by atoms with van der Waals surface area (Å²) < 4.78 is 0. The number of aliphatic hydroxyl groups excluding tert-OH is 2. The molecule has 0 aromatic heterocycles. The lowest BCUT2D eigenvalue weighted by atomic mass is 10.1. The molecule has 0 radical (unpaired) electrons. The molecule has 11 heavy (non-hydrogen) atoms. The first-order valence-electron chi connectivity index (χ1n) is 3.54. The Labute approximate surface area is 64.8 Å². The van der Waals surface area contributed by atoms with E-state index < -0.39 is 4.92 Å². The van der Waals surface area contributed by atoms with Crippen LogP contribution in [0.2, 0.25) is 0 Å². The Balaban J connectivity index is 3.28. The third-order valence-corrected chi connectivity index (χ3v) is 1.47. The second kappa shape index (κ2) is 6.06. The van der Waals surface area contributed by atoms with Crippen LogP contribution in [0.1, 0.15) is 12.8 Å². The van der Waals surface area contributed by atoms with Crippen molar-refractivity contribution in [3.63, 3.8) is 0 Å². The monoisotopic (exact) mass is 163 g/mol. The summed E-state index contributed by atoms with van der Waals surface area (Å²) in [5, 5.41) is 27.0. The van der Waals surface area contributed by atoms with Gasteiger partial charge >= 0.3 is 0 Å². The van der Waals surface area contributed by atoms with E-state index in [-0.39, 0.29) is 25.7 Å². The highest BCUT2D eigenvalue weighted by Crippen LogP contribution is 2.03. The Morgan fingerprint density at radius 2 is 1.91 bits per heavy atom. The molecular formula is C6H13NO4. The van der Waals surface area contributed by atoms with Crippen molar-refractivity contribution >= 4 is 0 Å². The Bertz CT molecular complexity index is 113. The van der Waals surface area contributed by atoms with Crippen LogP contribution in [0.25, 0.3) is 0 Å². The first-order chi connectivity index (χ1) is 5.20. The molecule has 0 saturated heterocycles. The van der Waals surface area contributed by atoms with Crippen molar-refractivity contribution in [2.24, 2.45) is 5.92 Å². The summed E-state index contributed by atoms with van der Waals surface area (Å²) in [6.07, 6.45) is 0.923. The number of aliphatic hydroxyl groups is 2. The quantitative estimate of drug-likeness (QED) is 0.414. The molecule has 0 rings (SSSR count). The van der Waals surface area contributed by atoms with Crippen molar-refractivity contribution in [1.29, 1.82) is 0 Å². The first-order valence-corrected chi connectivity index (χ1v) is 3.54. The fourth-order valence-corrected chi connectivity index (χ4v) is 0.749. The third kappa shape index (κ3) is 5.75. The standard InChI is InChI=1S/C6H13NO4/c8-4-6(5-9)2-1-3-7(10)11/h6,8-9H,1-5H2. The van der Waals surface area contributed by atoms with Gasteiger partial charge in [-0.3, -0.25) is 10.1 Å². The van der Waals surface area contributed by atoms with Gasteiger partial charge < -0.3 is 10.2 Å². The molecule has 0 saturated carbocycles. The molecule has 0 aliphatic rings. The molecule has 0 fully saturated rings. The second-order valence-corrected chi connectivity index (χ2v) is 2.43. The van der Waals surface area contributed by atoms with Gasteiger partial charge in [-0.05, 0) is 6.42 Å². The highest BCUT2D eigenvalue weighted by Gasteiger charge is 2.06. The molecule has 5 nitrogen and oxygen atoms in total. The van der Waals surface area contributed by atoms with Crippen LogP contribution in [0.3, 0.4) is 0 Å². The molecule has 0 spiro atoms. The summed E-state index contributed by atoms with van der Waals surface area (Å²) in [4.78, 5) is 9.44. The van der Waals surface area contributed by atoms with Crippen LogP contribution in [0.4, 0.5) is 0 Å². The van der Waals surface area contributed by atoms with Gasteiger partial charge in [-0.15, -0.1) is 0 Å². The highest BCUT2D eigenvalue weighted by molar-refractivity contribution is 4.54. The summed E-state index contributed by atoms with van der Waals surface area (Å²) in [6, 6.07) is 0. The molecule has 0 aliphatic heterocycles. The minimum absolute atomic E-state index is 0.0868. The minimum atomic E-state index is -0.397. The van der Waals surface area contributed by atoms with E-state index >= 15 is 0 Å². The Hall–Kier alpha value is -0.680. The largest absolute Gasteiger partial charge is 0.396 e. The average Bonchev–Trinajstić information content (AvgIpc) is 1.98. The maximum Gasteiger partial charge on any atom is 0.203 e. The molecular weight excluding hydrogens is 150 g/mol. The number of rotatable bonds is 6. The lowest BCUT2D eigenvalue weighted by Crippen LogP contribution is -2.12. The van der Waals surface area contributed by atoms with E-state index in [1.165, 1.54) is 0 Å². The third-order valence-electron chi connectivity index (χ3n) is 1.47. The van der Waals surface area contributed by atoms with E-state index in [4.69, 9.17) is 10.2 Å². The lowest BCUT2D eigenvalue weighted by Gasteiger charge is -2.07. The minimum Gasteiger partial charge on any atom is -0.396 e. The van der Waals surface area contributed by atoms with E-state index in [9.17, 15) is 10.1 Å². The summed E-state index contributed by atoms with van der Waals surface area (Å²) in [7, 11) is 0. The van der Waals surface area contributed by atoms with Gasteiger partial charge in [-0.25, -0.2) is 0 Å². The number of hydrogen-bond acceptors (Lipinski definition) is 4. The van der Waals surface area contributed by atoms with Gasteiger partial charge in [0.05, 0.1) is 0 Å². The molecule has 0 aromatic rings. The molecule has 0 atom stereocenters. The van der Waals surface area contributed by atoms with Crippen molar-refractivity contribution in [3.05, 3.63) is 10.1 Å². The zero-order valence-corrected chi connectivity index (χ0v) is 6.27. The topological polar surface area (TPSA) is 83.6 Å². The van der Waals surface area contributed by atoms with Crippen LogP contribution in [0, 0.1) is 16.0 Å². The molecule has 2 N–H and O–H groups in total. The van der Waals surface area contributed by atoms with Gasteiger partial charge in [-0.2, -0.15) is 0 Å². The summed E-state index contributed by atoms with van der Waals surface area (Å²) >= 11 is 0. The molecule has 0 aliphatic carbocycles. The van der Waals surface area contributed by atoms with Crippen LogP contribution in [0.5, 0.6) is 0 Å². The van der Waals surface area contributed by atoms with E-state index in [2.05, 4.69) is 0 Å². The van der Waals surface area contributed by atoms with Crippen molar-refractivity contribution < 1.29 is 15.1 Å².